The number of benzene rings is 1. The normalized spacial score (nSPS) is 13.7. The first-order chi connectivity index (χ1) is 12.6. The molecule has 1 unspecified atom stereocenters. The lowest BCUT2D eigenvalue weighted by atomic mass is 9.90. The van der Waals surface area contributed by atoms with Gasteiger partial charge >= 0.3 is 5.97 Å². The molecule has 1 amide bonds. The fourth-order valence-electron chi connectivity index (χ4n) is 1.76. The highest BCUT2D eigenvalue weighted by molar-refractivity contribution is 7.92. The molecule has 1 rings (SSSR count). The molecule has 0 aliphatic heterocycles. The molecule has 8 nitrogen and oxygen atoms in total. The lowest BCUT2D eigenvalue weighted by Crippen LogP contribution is -2.50. The molecule has 0 bridgehead atoms. The lowest BCUT2D eigenvalue weighted by molar-refractivity contribution is -0.147. The zero-order valence-corrected chi connectivity index (χ0v) is 16.2. The molecular formula is C18H23N3O5S. The fraction of sp³-hybridized carbons (Fsp3) is 0.389. The summed E-state index contributed by atoms with van der Waals surface area (Å²) >= 11 is 0. The van der Waals surface area contributed by atoms with Gasteiger partial charge in [-0.2, -0.15) is 5.26 Å². The lowest BCUT2D eigenvalue weighted by Gasteiger charge is -2.27. The highest BCUT2D eigenvalue weighted by atomic mass is 32.2. The number of sulfonamides is 1. The maximum atomic E-state index is 11.8. The van der Waals surface area contributed by atoms with E-state index in [9.17, 15) is 18.0 Å². The van der Waals surface area contributed by atoms with Crippen molar-refractivity contribution in [1.29, 1.82) is 5.26 Å². The van der Waals surface area contributed by atoms with Crippen LogP contribution in [0.5, 0.6) is 0 Å². The molecule has 1 atom stereocenters. The molecular weight excluding hydrogens is 370 g/mol. The van der Waals surface area contributed by atoms with Crippen molar-refractivity contribution >= 4 is 28.0 Å². The maximum absolute atomic E-state index is 11.8. The van der Waals surface area contributed by atoms with E-state index in [-0.39, 0.29) is 5.92 Å². The third-order valence-electron chi connectivity index (χ3n) is 3.81. The molecule has 0 aromatic heterocycles. The summed E-state index contributed by atoms with van der Waals surface area (Å²) < 4.78 is 30.4. The van der Waals surface area contributed by atoms with E-state index in [1.807, 2.05) is 6.07 Å². The molecule has 0 aliphatic carbocycles. The molecule has 1 aromatic carbocycles. The number of ether oxygens (including phenoxy) is 1. The first kappa shape index (κ1) is 22.3. The number of nitrogens with zero attached hydrogens (tertiary/aromatic N) is 1. The van der Waals surface area contributed by atoms with Gasteiger partial charge in [-0.3, -0.25) is 9.59 Å². The smallest absolute Gasteiger partial charge is 0.321 e. The summed E-state index contributed by atoms with van der Waals surface area (Å²) in [4.78, 5) is 23.4. The van der Waals surface area contributed by atoms with E-state index < -0.39 is 40.6 Å². The number of hydrogen-bond acceptors (Lipinski definition) is 6. The summed E-state index contributed by atoms with van der Waals surface area (Å²) in [6.45, 7) is 3.88. The Bertz CT molecular complexity index is 828. The van der Waals surface area contributed by atoms with Crippen LogP contribution in [0.2, 0.25) is 0 Å². The van der Waals surface area contributed by atoms with Crippen LogP contribution in [0.3, 0.4) is 0 Å². The quantitative estimate of drug-likeness (QED) is 0.607. The van der Waals surface area contributed by atoms with E-state index in [1.165, 1.54) is 6.08 Å². The molecule has 0 heterocycles. The van der Waals surface area contributed by atoms with Crippen molar-refractivity contribution in [2.45, 2.75) is 26.3 Å². The van der Waals surface area contributed by atoms with E-state index in [0.717, 1.165) is 5.41 Å². The zero-order chi connectivity index (χ0) is 20.5. The van der Waals surface area contributed by atoms with Crippen molar-refractivity contribution in [3.8, 4) is 6.07 Å². The highest BCUT2D eigenvalue weighted by Gasteiger charge is 2.30. The van der Waals surface area contributed by atoms with Crippen LogP contribution in [0.1, 0.15) is 26.3 Å². The zero-order valence-electron chi connectivity index (χ0n) is 15.4. The van der Waals surface area contributed by atoms with E-state index in [1.54, 1.807) is 51.1 Å². The number of amides is 1. The van der Waals surface area contributed by atoms with Crippen molar-refractivity contribution in [3.63, 3.8) is 0 Å². The average molecular weight is 393 g/mol. The molecule has 0 spiro atoms. The van der Waals surface area contributed by atoms with Crippen molar-refractivity contribution in [2.75, 3.05) is 13.2 Å². The summed E-state index contributed by atoms with van der Waals surface area (Å²) in [6, 6.07) is 10.8. The second-order valence-corrected chi connectivity index (χ2v) is 7.91. The minimum absolute atomic E-state index is 0.148. The number of nitrogens with one attached hydrogen (secondary N) is 2. The van der Waals surface area contributed by atoms with Gasteiger partial charge in [0.25, 0.3) is 5.91 Å². The van der Waals surface area contributed by atoms with Crippen molar-refractivity contribution in [3.05, 3.63) is 41.3 Å². The molecule has 2 N–H and O–H groups in total. The Morgan fingerprint density at radius 1 is 1.30 bits per heavy atom. The number of carbonyl (C=O) groups excluding carboxylic acids is 2. The summed E-state index contributed by atoms with van der Waals surface area (Å²) in [5, 5.41) is 12.5. The first-order valence-electron chi connectivity index (χ1n) is 8.18. The number of nitriles is 1. The Balaban J connectivity index is 2.45. The first-order valence-corrected chi connectivity index (χ1v) is 9.73. The third kappa shape index (κ3) is 8.02. The van der Waals surface area contributed by atoms with E-state index >= 15 is 0 Å². The Morgan fingerprint density at radius 2 is 1.93 bits per heavy atom. The van der Waals surface area contributed by atoms with Gasteiger partial charge in [0.1, 0.15) is 12.1 Å². The molecule has 9 heteroatoms. The summed E-state index contributed by atoms with van der Waals surface area (Å²) in [7, 11) is -3.83. The van der Waals surface area contributed by atoms with Gasteiger partial charge in [-0.25, -0.2) is 13.1 Å². The maximum Gasteiger partial charge on any atom is 0.321 e. The second kappa shape index (κ2) is 9.85. The molecule has 0 saturated carbocycles. The number of hydrogen-bond donors (Lipinski definition) is 2. The number of carbonyl (C=O) groups is 2. The standard InChI is InChI=1S/C18H23N3O5S/c1-14(2)18(3,13-19)21-16(22)12-26-17(23)11-20-27(24,25)10-9-15-7-5-4-6-8-15/h4-10,14,20H,11-12H2,1-3H3,(H,21,22)/b10-9+. The van der Waals surface area contributed by atoms with Crippen LogP contribution in [0.15, 0.2) is 35.7 Å². The number of rotatable bonds is 9. The van der Waals surface area contributed by atoms with Crippen LogP contribution >= 0.6 is 0 Å². The van der Waals surface area contributed by atoms with Gasteiger partial charge in [-0.15, -0.1) is 0 Å². The van der Waals surface area contributed by atoms with Crippen LogP contribution in [0.25, 0.3) is 6.08 Å². The minimum Gasteiger partial charge on any atom is -0.455 e. The highest BCUT2D eigenvalue weighted by Crippen LogP contribution is 2.14. The van der Waals surface area contributed by atoms with Crippen LogP contribution in [-0.2, 0) is 24.3 Å². The molecule has 1 aromatic rings. The molecule has 146 valence electrons. The van der Waals surface area contributed by atoms with E-state index in [0.29, 0.717) is 5.56 Å². The predicted octanol–water partition coefficient (Wildman–Crippen LogP) is 1.17. The fourth-order valence-corrected chi connectivity index (χ4v) is 2.52. The van der Waals surface area contributed by atoms with Gasteiger partial charge in [0, 0.05) is 5.41 Å². The van der Waals surface area contributed by atoms with Gasteiger partial charge in [0.15, 0.2) is 6.61 Å². The van der Waals surface area contributed by atoms with Crippen LogP contribution in [-0.4, -0.2) is 39.0 Å². The number of esters is 1. The molecule has 0 fully saturated rings. The van der Waals surface area contributed by atoms with Gasteiger partial charge < -0.3 is 10.1 Å². The van der Waals surface area contributed by atoms with Crippen molar-refractivity contribution in [1.82, 2.24) is 10.0 Å². The summed E-state index contributed by atoms with van der Waals surface area (Å²) in [5.74, 6) is -1.71. The predicted molar refractivity (Wildman–Crippen MR) is 100 cm³/mol. The second-order valence-electron chi connectivity index (χ2n) is 6.26. The SMILES string of the molecule is CC(C)C(C)(C#N)NC(=O)COC(=O)CNS(=O)(=O)/C=C/c1ccccc1. The molecule has 0 radical (unpaired) electrons. The van der Waals surface area contributed by atoms with E-state index in [4.69, 9.17) is 10.00 Å². The molecule has 0 saturated heterocycles. The van der Waals surface area contributed by atoms with Gasteiger partial charge in [-0.1, -0.05) is 44.2 Å². The Morgan fingerprint density at radius 3 is 2.48 bits per heavy atom. The van der Waals surface area contributed by atoms with Gasteiger partial charge in [0.2, 0.25) is 10.0 Å². The van der Waals surface area contributed by atoms with Gasteiger partial charge in [0.05, 0.1) is 6.07 Å². The van der Waals surface area contributed by atoms with Crippen LogP contribution in [0.4, 0.5) is 0 Å². The summed E-state index contributed by atoms with van der Waals surface area (Å²) in [6.07, 6.45) is 1.38. The Hall–Kier alpha value is -2.70. The van der Waals surface area contributed by atoms with Crippen LogP contribution in [0, 0.1) is 17.2 Å². The van der Waals surface area contributed by atoms with Gasteiger partial charge in [-0.05, 0) is 24.5 Å². The molecule has 27 heavy (non-hydrogen) atoms. The van der Waals surface area contributed by atoms with Crippen LogP contribution < -0.4 is 10.0 Å². The minimum atomic E-state index is -3.83. The average Bonchev–Trinajstić information content (AvgIpc) is 2.64. The monoisotopic (exact) mass is 393 g/mol. The van der Waals surface area contributed by atoms with E-state index in [2.05, 4.69) is 10.0 Å². The topological polar surface area (TPSA) is 125 Å². The van der Waals surface area contributed by atoms with Crippen molar-refractivity contribution in [2.24, 2.45) is 5.92 Å². The third-order valence-corrected chi connectivity index (χ3v) is 4.85. The Labute approximate surface area is 159 Å². The molecule has 0 aliphatic rings. The summed E-state index contributed by atoms with van der Waals surface area (Å²) in [5.41, 5.74) is -0.402. The van der Waals surface area contributed by atoms with Crippen molar-refractivity contribution < 1.29 is 22.7 Å². The largest absolute Gasteiger partial charge is 0.455 e. The Kier molecular flexibility index (Phi) is 8.15.